The zero-order valence-corrected chi connectivity index (χ0v) is 16.5. The van der Waals surface area contributed by atoms with Gasteiger partial charge < -0.3 is 25.4 Å². The summed E-state index contributed by atoms with van der Waals surface area (Å²) in [5.74, 6) is 1.19. The summed E-state index contributed by atoms with van der Waals surface area (Å²) in [7, 11) is 3.33. The lowest BCUT2D eigenvalue weighted by molar-refractivity contribution is 0.190. The molecular weight excluding hydrogens is 356 g/mol. The second-order valence-electron chi connectivity index (χ2n) is 6.39. The minimum absolute atomic E-state index is 0.472. The summed E-state index contributed by atoms with van der Waals surface area (Å²) in [6.45, 7) is 4.38. The number of rotatable bonds is 9. The number of nitrogen functional groups attached to an aromatic ring is 1. The van der Waals surface area contributed by atoms with Gasteiger partial charge in [0.15, 0.2) is 11.6 Å². The van der Waals surface area contributed by atoms with Gasteiger partial charge in [-0.25, -0.2) is 9.97 Å². The highest BCUT2D eigenvalue weighted by atomic mass is 16.5. The van der Waals surface area contributed by atoms with Gasteiger partial charge in [-0.05, 0) is 19.1 Å². The van der Waals surface area contributed by atoms with Crippen LogP contribution >= 0.6 is 0 Å². The van der Waals surface area contributed by atoms with Gasteiger partial charge in [0.2, 0.25) is 0 Å². The molecule has 2 aromatic heterocycles. The van der Waals surface area contributed by atoms with Crippen molar-refractivity contribution in [2.24, 2.45) is 0 Å². The van der Waals surface area contributed by atoms with Crippen LogP contribution in [0.25, 0.3) is 10.9 Å². The number of para-hydroxylation sites is 1. The van der Waals surface area contributed by atoms with Gasteiger partial charge in [0.1, 0.15) is 12.0 Å². The molecule has 0 unspecified atom stereocenters. The molecule has 0 atom stereocenters. The number of pyridine rings is 1. The van der Waals surface area contributed by atoms with Gasteiger partial charge in [-0.1, -0.05) is 18.2 Å². The number of nitrogens with zero attached hydrogens (tertiary/aromatic N) is 4. The summed E-state index contributed by atoms with van der Waals surface area (Å²) in [5.41, 5.74) is 9.56. The Labute approximate surface area is 164 Å². The van der Waals surface area contributed by atoms with Gasteiger partial charge in [-0.15, -0.1) is 0 Å². The van der Waals surface area contributed by atoms with Crippen molar-refractivity contribution in [3.05, 3.63) is 42.4 Å². The lowest BCUT2D eigenvalue weighted by Crippen LogP contribution is -2.32. The Morgan fingerprint density at radius 1 is 1.04 bits per heavy atom. The first-order valence-electron chi connectivity index (χ1n) is 9.10. The number of nitrogens with two attached hydrogens (primary N) is 1. The van der Waals surface area contributed by atoms with E-state index in [-0.39, 0.29) is 0 Å². The van der Waals surface area contributed by atoms with Crippen LogP contribution in [0.1, 0.15) is 5.69 Å². The number of benzene rings is 1. The van der Waals surface area contributed by atoms with Crippen LogP contribution in [0, 0.1) is 6.92 Å². The first kappa shape index (κ1) is 19.8. The second-order valence-corrected chi connectivity index (χ2v) is 6.39. The third kappa shape index (κ3) is 4.47. The van der Waals surface area contributed by atoms with Crippen LogP contribution in [0.3, 0.4) is 0 Å². The van der Waals surface area contributed by atoms with E-state index in [2.05, 4.69) is 26.3 Å². The van der Waals surface area contributed by atoms with Gasteiger partial charge in [0.05, 0.1) is 24.4 Å². The molecule has 8 heteroatoms. The molecule has 0 bridgehead atoms. The Balaban J connectivity index is 1.93. The highest BCUT2D eigenvalue weighted by molar-refractivity contribution is 5.93. The maximum Gasteiger partial charge on any atom is 0.159 e. The lowest BCUT2D eigenvalue weighted by atomic mass is 10.1. The molecule has 2 heterocycles. The van der Waals surface area contributed by atoms with Crippen LogP contribution in [0.15, 0.2) is 36.7 Å². The van der Waals surface area contributed by atoms with Crippen molar-refractivity contribution in [2.75, 3.05) is 56.5 Å². The number of anilines is 4. The zero-order chi connectivity index (χ0) is 19.9. The Kier molecular flexibility index (Phi) is 6.57. The zero-order valence-electron chi connectivity index (χ0n) is 16.5. The van der Waals surface area contributed by atoms with Gasteiger partial charge in [-0.2, -0.15) is 0 Å². The monoisotopic (exact) mass is 382 g/mol. The lowest BCUT2D eigenvalue weighted by Gasteiger charge is -2.25. The summed E-state index contributed by atoms with van der Waals surface area (Å²) >= 11 is 0. The molecule has 8 nitrogen and oxygen atoms in total. The molecule has 0 fully saturated rings. The molecule has 0 aliphatic heterocycles. The topological polar surface area (TPSA) is 98.4 Å². The van der Waals surface area contributed by atoms with Crippen molar-refractivity contribution in [1.82, 2.24) is 15.0 Å². The summed E-state index contributed by atoms with van der Waals surface area (Å²) < 4.78 is 10.4. The first-order valence-corrected chi connectivity index (χ1v) is 9.10. The quantitative estimate of drug-likeness (QED) is 0.583. The summed E-state index contributed by atoms with van der Waals surface area (Å²) in [6, 6.07) is 10.0. The van der Waals surface area contributed by atoms with E-state index in [0.29, 0.717) is 43.6 Å². The van der Waals surface area contributed by atoms with Crippen LogP contribution in [0.5, 0.6) is 0 Å². The molecule has 1 aromatic carbocycles. The van der Waals surface area contributed by atoms with Crippen LogP contribution in [-0.4, -0.2) is 55.5 Å². The fourth-order valence-corrected chi connectivity index (χ4v) is 2.94. The second kappa shape index (κ2) is 9.29. The Morgan fingerprint density at radius 2 is 1.79 bits per heavy atom. The number of aryl methyl sites for hydroxylation is 1. The average molecular weight is 382 g/mol. The largest absolute Gasteiger partial charge is 0.393 e. The molecule has 3 N–H and O–H groups in total. The number of hydrogen-bond acceptors (Lipinski definition) is 8. The normalized spacial score (nSPS) is 11.0. The predicted molar refractivity (Wildman–Crippen MR) is 112 cm³/mol. The smallest absolute Gasteiger partial charge is 0.159 e. The summed E-state index contributed by atoms with van der Waals surface area (Å²) in [5, 5.41) is 4.37. The Hall–Kier alpha value is -2.97. The minimum Gasteiger partial charge on any atom is -0.393 e. The fourth-order valence-electron chi connectivity index (χ4n) is 2.94. The molecule has 3 rings (SSSR count). The molecule has 0 spiro atoms. The van der Waals surface area contributed by atoms with E-state index in [1.807, 2.05) is 36.1 Å². The Morgan fingerprint density at radius 3 is 2.50 bits per heavy atom. The molecule has 148 valence electrons. The van der Waals surface area contributed by atoms with E-state index in [1.165, 1.54) is 6.33 Å². The van der Waals surface area contributed by atoms with Gasteiger partial charge in [0, 0.05) is 38.4 Å². The number of ether oxygens (including phenoxy) is 2. The number of methoxy groups -OCH3 is 2. The van der Waals surface area contributed by atoms with E-state index < -0.39 is 0 Å². The highest BCUT2D eigenvalue weighted by Gasteiger charge is 2.16. The highest BCUT2D eigenvalue weighted by Crippen LogP contribution is 2.31. The maximum atomic E-state index is 6.42. The molecule has 0 saturated heterocycles. The molecule has 28 heavy (non-hydrogen) atoms. The molecule has 0 radical (unpaired) electrons. The van der Waals surface area contributed by atoms with Crippen molar-refractivity contribution < 1.29 is 9.47 Å². The van der Waals surface area contributed by atoms with Crippen LogP contribution in [0.2, 0.25) is 0 Å². The molecule has 0 aliphatic rings. The van der Waals surface area contributed by atoms with Crippen LogP contribution in [0.4, 0.5) is 23.0 Å². The molecule has 0 amide bonds. The van der Waals surface area contributed by atoms with Crippen LogP contribution in [-0.2, 0) is 9.47 Å². The van der Waals surface area contributed by atoms with Crippen molar-refractivity contribution in [1.29, 1.82) is 0 Å². The first-order chi connectivity index (χ1) is 13.6. The Bertz CT molecular complexity index is 926. The summed E-state index contributed by atoms with van der Waals surface area (Å²) in [4.78, 5) is 15.4. The van der Waals surface area contributed by atoms with Gasteiger partial charge in [-0.3, -0.25) is 4.98 Å². The molecular formula is C20H26N6O2. The molecule has 0 saturated carbocycles. The standard InChI is InChI=1S/C20H26N6O2/c1-14-7-8-15-5-4-6-16(18(15)24-14)25-19-17(21)20(23-13-22-19)26(9-11-27-2)10-12-28-3/h4-8,13H,9-12,21H2,1-3H3,(H,22,23,25). The van der Waals surface area contributed by atoms with Crippen LogP contribution < -0.4 is 16.0 Å². The predicted octanol–water partition coefficient (Wildman–Crippen LogP) is 2.76. The van der Waals surface area contributed by atoms with E-state index in [0.717, 1.165) is 22.3 Å². The van der Waals surface area contributed by atoms with Gasteiger partial charge >= 0.3 is 0 Å². The third-order valence-electron chi connectivity index (χ3n) is 4.41. The van der Waals surface area contributed by atoms with E-state index in [4.69, 9.17) is 15.2 Å². The SMILES string of the molecule is COCCN(CCOC)c1ncnc(Nc2cccc3ccc(C)nc23)c1N. The molecule has 3 aromatic rings. The number of aromatic nitrogens is 3. The van der Waals surface area contributed by atoms with E-state index >= 15 is 0 Å². The van der Waals surface area contributed by atoms with Crippen molar-refractivity contribution in [3.63, 3.8) is 0 Å². The summed E-state index contributed by atoms with van der Waals surface area (Å²) in [6.07, 6.45) is 1.50. The van der Waals surface area contributed by atoms with E-state index in [1.54, 1.807) is 14.2 Å². The minimum atomic E-state index is 0.472. The number of nitrogens with one attached hydrogen (secondary N) is 1. The third-order valence-corrected chi connectivity index (χ3v) is 4.41. The number of fused-ring (bicyclic) bond motifs is 1. The van der Waals surface area contributed by atoms with Gasteiger partial charge in [0.25, 0.3) is 0 Å². The van der Waals surface area contributed by atoms with Crippen molar-refractivity contribution in [2.45, 2.75) is 6.92 Å². The van der Waals surface area contributed by atoms with E-state index in [9.17, 15) is 0 Å². The molecule has 0 aliphatic carbocycles. The van der Waals surface area contributed by atoms with Crippen molar-refractivity contribution >= 4 is 33.9 Å². The van der Waals surface area contributed by atoms with Crippen molar-refractivity contribution in [3.8, 4) is 0 Å². The fraction of sp³-hybridized carbons (Fsp3) is 0.350. The number of hydrogen-bond donors (Lipinski definition) is 2. The maximum absolute atomic E-state index is 6.42. The average Bonchev–Trinajstić information content (AvgIpc) is 2.70.